The normalized spacial score (nSPS) is 12.6. The number of allylic oxidation sites excluding steroid dienone is 4. The number of hydrogen-bond acceptors (Lipinski definition) is 5. The minimum atomic E-state index is -0.669. The minimum absolute atomic E-state index is 0.0103. The smallest absolute Gasteiger partial charge is 0.305 e. The Morgan fingerprint density at radius 3 is 0.877 bits per heavy atom. The SMILES string of the molecule is CCCCCCCC/C=C\CCCCCCCCCC(=O)OCCCCCCCCCCCCCC/C=C\CCCCCCCCCCC(=O)NC(CO)C(O)CCCCCCCCCCCCCCCCCCCCCCCCC. The number of ether oxygens (including phenoxy) is 1. The van der Waals surface area contributed by atoms with E-state index >= 15 is 0 Å². The highest BCUT2D eigenvalue weighted by Crippen LogP contribution is 2.19. The topological polar surface area (TPSA) is 95.9 Å². The molecule has 6 nitrogen and oxygen atoms in total. The molecule has 0 bridgehead atoms. The van der Waals surface area contributed by atoms with Crippen LogP contribution in [0.2, 0.25) is 0 Å². The molecule has 0 aromatic heterocycles. The number of carbonyl (C=O) groups is 2. The van der Waals surface area contributed by atoms with Crippen LogP contribution in [0.15, 0.2) is 24.3 Å². The number of aliphatic hydroxyl groups is 2. The van der Waals surface area contributed by atoms with Gasteiger partial charge in [-0.15, -0.1) is 0 Å². The zero-order valence-electron chi connectivity index (χ0n) is 55.0. The molecule has 0 heterocycles. The Balaban J connectivity index is 3.39. The molecule has 0 saturated carbocycles. The van der Waals surface area contributed by atoms with E-state index in [1.165, 1.54) is 340 Å². The highest BCUT2D eigenvalue weighted by Gasteiger charge is 2.20. The van der Waals surface area contributed by atoms with Crippen molar-refractivity contribution in [3.05, 3.63) is 24.3 Å². The van der Waals surface area contributed by atoms with Gasteiger partial charge in [-0.1, -0.05) is 353 Å². The molecule has 0 fully saturated rings. The van der Waals surface area contributed by atoms with Crippen LogP contribution in [0.25, 0.3) is 0 Å². The summed E-state index contributed by atoms with van der Waals surface area (Å²) >= 11 is 0. The van der Waals surface area contributed by atoms with Crippen LogP contribution >= 0.6 is 0 Å². The van der Waals surface area contributed by atoms with Crippen molar-refractivity contribution >= 4 is 11.9 Å². The maximum Gasteiger partial charge on any atom is 0.305 e. The van der Waals surface area contributed by atoms with E-state index in [4.69, 9.17) is 4.74 Å². The fourth-order valence-corrected chi connectivity index (χ4v) is 11.8. The summed E-state index contributed by atoms with van der Waals surface area (Å²) in [6.07, 6.45) is 89.5. The third-order valence-electron chi connectivity index (χ3n) is 17.5. The second-order valence-electron chi connectivity index (χ2n) is 25.6. The van der Waals surface area contributed by atoms with Gasteiger partial charge in [0.2, 0.25) is 5.91 Å². The molecule has 0 radical (unpaired) electrons. The lowest BCUT2D eigenvalue weighted by atomic mass is 10.0. The fraction of sp³-hybridized carbons (Fsp3) is 0.920. The largest absolute Gasteiger partial charge is 0.466 e. The lowest BCUT2D eigenvalue weighted by Gasteiger charge is -2.22. The highest BCUT2D eigenvalue weighted by molar-refractivity contribution is 5.76. The molecule has 0 aliphatic rings. The van der Waals surface area contributed by atoms with Gasteiger partial charge in [-0.3, -0.25) is 9.59 Å². The van der Waals surface area contributed by atoms with Crippen molar-refractivity contribution in [3.63, 3.8) is 0 Å². The third-order valence-corrected chi connectivity index (χ3v) is 17.5. The Kier molecular flexibility index (Phi) is 69.4. The van der Waals surface area contributed by atoms with Crippen molar-refractivity contribution in [3.8, 4) is 0 Å². The highest BCUT2D eigenvalue weighted by atomic mass is 16.5. The van der Waals surface area contributed by atoms with E-state index in [9.17, 15) is 19.8 Å². The average molecular weight is 1140 g/mol. The van der Waals surface area contributed by atoms with Crippen molar-refractivity contribution < 1.29 is 24.5 Å². The summed E-state index contributed by atoms with van der Waals surface area (Å²) in [4.78, 5) is 24.7. The van der Waals surface area contributed by atoms with Crippen LogP contribution in [0.4, 0.5) is 0 Å². The van der Waals surface area contributed by atoms with Gasteiger partial charge >= 0.3 is 5.97 Å². The van der Waals surface area contributed by atoms with Crippen molar-refractivity contribution in [1.82, 2.24) is 5.32 Å². The number of esters is 1. The summed E-state index contributed by atoms with van der Waals surface area (Å²) in [6, 6.07) is -0.546. The summed E-state index contributed by atoms with van der Waals surface area (Å²) < 4.78 is 5.50. The average Bonchev–Trinajstić information content (AvgIpc) is 3.47. The van der Waals surface area contributed by atoms with Gasteiger partial charge in [0.25, 0.3) is 0 Å². The first-order valence-electron chi connectivity index (χ1n) is 37.1. The summed E-state index contributed by atoms with van der Waals surface area (Å²) in [7, 11) is 0. The standard InChI is InChI=1S/C75H145NO5/c1-3-5-7-9-11-13-15-17-19-21-22-23-26-29-32-36-39-43-47-51-55-59-63-67-73(78)72(71-77)76-74(79)68-64-60-56-52-48-44-40-37-33-30-27-24-25-28-31-34-38-42-46-50-54-58-62-66-70-81-75(80)69-65-61-57-53-49-45-41-35-20-18-16-14-12-10-8-6-4-2/h18,20,27,30,72-73,77-78H,3-17,19,21-26,28-29,31-71H2,1-2H3,(H,76,79)/b20-18-,30-27-. The first-order chi connectivity index (χ1) is 40.0. The lowest BCUT2D eigenvalue weighted by Crippen LogP contribution is -2.45. The Morgan fingerprint density at radius 2 is 0.580 bits per heavy atom. The molecule has 2 atom stereocenters. The molecular weight excluding hydrogens is 995 g/mol. The van der Waals surface area contributed by atoms with E-state index in [2.05, 4.69) is 43.5 Å². The molecule has 0 rings (SSSR count). The molecular formula is C75H145NO5. The number of amides is 1. The summed E-state index contributed by atoms with van der Waals surface area (Å²) in [5, 5.41) is 23.4. The number of unbranched alkanes of at least 4 members (excludes halogenated alkanes) is 55. The number of nitrogens with one attached hydrogen (secondary N) is 1. The maximum absolute atomic E-state index is 12.6. The van der Waals surface area contributed by atoms with Crippen LogP contribution in [0, 0.1) is 0 Å². The van der Waals surface area contributed by atoms with Gasteiger partial charge in [-0.2, -0.15) is 0 Å². The minimum Gasteiger partial charge on any atom is -0.466 e. The van der Waals surface area contributed by atoms with Gasteiger partial charge in [-0.25, -0.2) is 0 Å². The molecule has 6 heteroatoms. The van der Waals surface area contributed by atoms with Gasteiger partial charge < -0.3 is 20.3 Å². The van der Waals surface area contributed by atoms with E-state index < -0.39 is 12.1 Å². The van der Waals surface area contributed by atoms with E-state index in [0.717, 1.165) is 44.9 Å². The number of aliphatic hydroxyl groups excluding tert-OH is 2. The van der Waals surface area contributed by atoms with Gasteiger partial charge in [0, 0.05) is 12.8 Å². The molecule has 0 aliphatic heterocycles. The molecule has 1 amide bonds. The molecule has 3 N–H and O–H groups in total. The summed E-state index contributed by atoms with van der Waals surface area (Å²) in [5.74, 6) is -0.0243. The van der Waals surface area contributed by atoms with Crippen molar-refractivity contribution in [2.45, 2.75) is 431 Å². The molecule has 0 aliphatic carbocycles. The molecule has 0 saturated heterocycles. The van der Waals surface area contributed by atoms with Gasteiger partial charge in [0.05, 0.1) is 25.4 Å². The van der Waals surface area contributed by atoms with Crippen molar-refractivity contribution in [2.75, 3.05) is 13.2 Å². The molecule has 0 aromatic carbocycles. The predicted octanol–water partition coefficient (Wildman–Crippen LogP) is 24.1. The van der Waals surface area contributed by atoms with E-state index in [-0.39, 0.29) is 18.5 Å². The second-order valence-corrected chi connectivity index (χ2v) is 25.6. The van der Waals surface area contributed by atoms with Crippen LogP contribution in [0.3, 0.4) is 0 Å². The Labute approximate surface area is 507 Å². The fourth-order valence-electron chi connectivity index (χ4n) is 11.8. The van der Waals surface area contributed by atoms with E-state index in [0.29, 0.717) is 25.9 Å². The van der Waals surface area contributed by atoms with Gasteiger partial charge in [-0.05, 0) is 77.0 Å². The summed E-state index contributed by atoms with van der Waals surface area (Å²) in [6.45, 7) is 4.99. The number of rotatable bonds is 70. The van der Waals surface area contributed by atoms with Crippen LogP contribution in [0.1, 0.15) is 418 Å². The van der Waals surface area contributed by atoms with Crippen molar-refractivity contribution in [2.24, 2.45) is 0 Å². The number of hydrogen-bond donors (Lipinski definition) is 3. The maximum atomic E-state index is 12.6. The summed E-state index contributed by atoms with van der Waals surface area (Å²) in [5.41, 5.74) is 0. The van der Waals surface area contributed by atoms with Crippen LogP contribution in [-0.4, -0.2) is 47.4 Å². The molecule has 0 spiro atoms. The first kappa shape index (κ1) is 79.3. The molecule has 480 valence electrons. The quantitative estimate of drug-likeness (QED) is 0.0320. The third kappa shape index (κ3) is 67.3. The monoisotopic (exact) mass is 1140 g/mol. The zero-order valence-corrected chi connectivity index (χ0v) is 55.0. The van der Waals surface area contributed by atoms with E-state index in [1.54, 1.807) is 0 Å². The van der Waals surface area contributed by atoms with Crippen LogP contribution < -0.4 is 5.32 Å². The molecule has 0 aromatic rings. The first-order valence-corrected chi connectivity index (χ1v) is 37.1. The van der Waals surface area contributed by atoms with Gasteiger partial charge in [0.1, 0.15) is 0 Å². The zero-order chi connectivity index (χ0) is 58.5. The van der Waals surface area contributed by atoms with Crippen molar-refractivity contribution in [1.29, 1.82) is 0 Å². The van der Waals surface area contributed by atoms with Gasteiger partial charge in [0.15, 0.2) is 0 Å². The molecule has 81 heavy (non-hydrogen) atoms. The Morgan fingerprint density at radius 1 is 0.333 bits per heavy atom. The van der Waals surface area contributed by atoms with E-state index in [1.807, 2.05) is 0 Å². The number of carbonyl (C=O) groups excluding carboxylic acids is 2. The predicted molar refractivity (Wildman–Crippen MR) is 356 cm³/mol. The molecule has 2 unspecified atom stereocenters. The van der Waals surface area contributed by atoms with Crippen LogP contribution in [-0.2, 0) is 14.3 Å². The Bertz CT molecular complexity index is 1270. The van der Waals surface area contributed by atoms with Crippen LogP contribution in [0.5, 0.6) is 0 Å². The second kappa shape index (κ2) is 70.8. The lowest BCUT2D eigenvalue weighted by molar-refractivity contribution is -0.143. The Hall–Kier alpha value is -1.66.